The molecule has 0 aliphatic carbocycles. The minimum absolute atomic E-state index is 0.168. The summed E-state index contributed by atoms with van der Waals surface area (Å²) in [5, 5.41) is 0. The zero-order chi connectivity index (χ0) is 11.3. The third-order valence-corrected chi connectivity index (χ3v) is 2.72. The zero-order valence-corrected chi connectivity index (χ0v) is 9.36. The van der Waals surface area contributed by atoms with Crippen LogP contribution in [0.2, 0.25) is 0 Å². The standard InChI is InChI=1S/C12H18O3/c1-3-11(13)10-7-5-4-6-8-12(14)15-9(10)2/h4-5,9-10H,3,6-8H2,1-2H3/b5-4+/t9-,10-/m0/s1. The highest BCUT2D eigenvalue weighted by atomic mass is 16.5. The van der Waals surface area contributed by atoms with E-state index < -0.39 is 0 Å². The number of ether oxygens (including phenoxy) is 1. The minimum Gasteiger partial charge on any atom is -0.462 e. The number of carbonyl (C=O) groups is 2. The summed E-state index contributed by atoms with van der Waals surface area (Å²) >= 11 is 0. The molecule has 1 heterocycles. The maximum absolute atomic E-state index is 11.6. The number of carbonyl (C=O) groups excluding carboxylic acids is 2. The number of hydrogen-bond donors (Lipinski definition) is 0. The van der Waals surface area contributed by atoms with Crippen LogP contribution >= 0.6 is 0 Å². The molecule has 0 amide bonds. The lowest BCUT2D eigenvalue weighted by molar-refractivity contribution is -0.152. The van der Waals surface area contributed by atoms with Crippen LogP contribution < -0.4 is 0 Å². The summed E-state index contributed by atoms with van der Waals surface area (Å²) in [6.07, 6.45) is 5.94. The van der Waals surface area contributed by atoms with E-state index in [1.54, 1.807) is 6.92 Å². The van der Waals surface area contributed by atoms with Gasteiger partial charge in [-0.15, -0.1) is 0 Å². The first-order valence-electron chi connectivity index (χ1n) is 5.52. The van der Waals surface area contributed by atoms with Gasteiger partial charge in [0.2, 0.25) is 0 Å². The van der Waals surface area contributed by atoms with Crippen LogP contribution in [0.1, 0.15) is 39.5 Å². The Balaban J connectivity index is 2.73. The maximum atomic E-state index is 11.6. The second-order valence-corrected chi connectivity index (χ2v) is 3.87. The Kier molecular flexibility index (Phi) is 4.53. The number of rotatable bonds is 2. The van der Waals surface area contributed by atoms with E-state index in [9.17, 15) is 9.59 Å². The molecule has 0 spiro atoms. The molecule has 1 rings (SSSR count). The molecule has 3 nitrogen and oxygen atoms in total. The molecule has 2 atom stereocenters. The van der Waals surface area contributed by atoms with E-state index in [0.717, 1.165) is 0 Å². The lowest BCUT2D eigenvalue weighted by Gasteiger charge is -2.20. The summed E-state index contributed by atoms with van der Waals surface area (Å²) in [7, 11) is 0. The summed E-state index contributed by atoms with van der Waals surface area (Å²) in [6, 6.07) is 0. The van der Waals surface area contributed by atoms with Crippen molar-refractivity contribution in [2.75, 3.05) is 0 Å². The quantitative estimate of drug-likeness (QED) is 0.518. The van der Waals surface area contributed by atoms with E-state index in [1.165, 1.54) is 0 Å². The van der Waals surface area contributed by atoms with Crippen molar-refractivity contribution >= 4 is 11.8 Å². The van der Waals surface area contributed by atoms with Crippen molar-refractivity contribution in [1.29, 1.82) is 0 Å². The number of esters is 1. The molecular formula is C12H18O3. The smallest absolute Gasteiger partial charge is 0.306 e. The van der Waals surface area contributed by atoms with Crippen molar-refractivity contribution in [2.24, 2.45) is 5.92 Å². The van der Waals surface area contributed by atoms with Crippen molar-refractivity contribution in [2.45, 2.75) is 45.6 Å². The highest BCUT2D eigenvalue weighted by molar-refractivity contribution is 5.82. The van der Waals surface area contributed by atoms with Gasteiger partial charge in [0.1, 0.15) is 11.9 Å². The molecule has 0 radical (unpaired) electrons. The number of hydrogen-bond acceptors (Lipinski definition) is 3. The van der Waals surface area contributed by atoms with Crippen molar-refractivity contribution < 1.29 is 14.3 Å². The van der Waals surface area contributed by atoms with Gasteiger partial charge >= 0.3 is 5.97 Å². The van der Waals surface area contributed by atoms with Crippen LogP contribution in [0.15, 0.2) is 12.2 Å². The number of allylic oxidation sites excluding steroid dienone is 2. The molecule has 0 saturated carbocycles. The summed E-state index contributed by atoms with van der Waals surface area (Å²) in [6.45, 7) is 3.64. The molecule has 0 fully saturated rings. The molecule has 0 N–H and O–H groups in total. The fourth-order valence-corrected chi connectivity index (χ4v) is 1.76. The van der Waals surface area contributed by atoms with Crippen molar-refractivity contribution in [3.05, 3.63) is 12.2 Å². The SMILES string of the molecule is CCC(=O)[C@H]1C/C=C/CCC(=O)O[C@H]1C. The predicted molar refractivity (Wildman–Crippen MR) is 57.3 cm³/mol. The summed E-state index contributed by atoms with van der Waals surface area (Å²) in [4.78, 5) is 22.9. The van der Waals surface area contributed by atoms with Crippen LogP contribution in [-0.2, 0) is 14.3 Å². The third kappa shape index (κ3) is 3.50. The Labute approximate surface area is 90.5 Å². The Morgan fingerprint density at radius 3 is 2.93 bits per heavy atom. The monoisotopic (exact) mass is 210 g/mol. The van der Waals surface area contributed by atoms with Gasteiger partial charge in [0, 0.05) is 12.8 Å². The summed E-state index contributed by atoms with van der Waals surface area (Å²) < 4.78 is 5.21. The van der Waals surface area contributed by atoms with Gasteiger partial charge in [-0.1, -0.05) is 19.1 Å². The van der Waals surface area contributed by atoms with Crippen LogP contribution in [0.3, 0.4) is 0 Å². The van der Waals surface area contributed by atoms with Gasteiger partial charge in [-0.05, 0) is 19.8 Å². The Hall–Kier alpha value is -1.12. The summed E-state index contributed by atoms with van der Waals surface area (Å²) in [5.41, 5.74) is 0. The highest BCUT2D eigenvalue weighted by Crippen LogP contribution is 2.19. The average molecular weight is 210 g/mol. The van der Waals surface area contributed by atoms with Gasteiger partial charge in [0.05, 0.1) is 5.92 Å². The van der Waals surface area contributed by atoms with Gasteiger partial charge in [-0.3, -0.25) is 9.59 Å². The third-order valence-electron chi connectivity index (χ3n) is 2.72. The van der Waals surface area contributed by atoms with Crippen molar-refractivity contribution in [1.82, 2.24) is 0 Å². The maximum Gasteiger partial charge on any atom is 0.306 e. The highest BCUT2D eigenvalue weighted by Gasteiger charge is 2.26. The normalized spacial score (nSPS) is 29.6. The lowest BCUT2D eigenvalue weighted by atomic mass is 9.93. The van der Waals surface area contributed by atoms with E-state index in [2.05, 4.69) is 0 Å². The number of cyclic esters (lactones) is 1. The lowest BCUT2D eigenvalue weighted by Crippen LogP contribution is -2.29. The van der Waals surface area contributed by atoms with Crippen LogP contribution in [-0.4, -0.2) is 17.9 Å². The van der Waals surface area contributed by atoms with Gasteiger partial charge in [0.25, 0.3) is 0 Å². The molecule has 0 bridgehead atoms. The molecule has 0 unspecified atom stereocenters. The van der Waals surface area contributed by atoms with E-state index in [0.29, 0.717) is 25.7 Å². The van der Waals surface area contributed by atoms with Crippen LogP contribution in [0.5, 0.6) is 0 Å². The predicted octanol–water partition coefficient (Wildman–Crippen LogP) is 2.25. The van der Waals surface area contributed by atoms with Gasteiger partial charge in [-0.25, -0.2) is 0 Å². The van der Waals surface area contributed by atoms with Crippen molar-refractivity contribution in [3.63, 3.8) is 0 Å². The molecule has 3 heteroatoms. The van der Waals surface area contributed by atoms with E-state index in [1.807, 2.05) is 19.1 Å². The zero-order valence-electron chi connectivity index (χ0n) is 9.36. The fourth-order valence-electron chi connectivity index (χ4n) is 1.76. The first kappa shape index (κ1) is 12.0. The largest absolute Gasteiger partial charge is 0.462 e. The van der Waals surface area contributed by atoms with E-state index in [4.69, 9.17) is 4.74 Å². The van der Waals surface area contributed by atoms with Crippen LogP contribution in [0, 0.1) is 5.92 Å². The van der Waals surface area contributed by atoms with E-state index in [-0.39, 0.29) is 23.8 Å². The molecule has 0 aromatic rings. The molecule has 84 valence electrons. The number of Topliss-reactive ketones (excluding diaryl/α,β-unsaturated/α-hetero) is 1. The van der Waals surface area contributed by atoms with Crippen LogP contribution in [0.4, 0.5) is 0 Å². The number of ketones is 1. The second-order valence-electron chi connectivity index (χ2n) is 3.87. The molecule has 1 aliphatic heterocycles. The molecule has 0 saturated heterocycles. The first-order valence-corrected chi connectivity index (χ1v) is 5.52. The molecular weight excluding hydrogens is 192 g/mol. The van der Waals surface area contributed by atoms with E-state index >= 15 is 0 Å². The second kappa shape index (κ2) is 5.69. The molecule has 0 aromatic heterocycles. The van der Waals surface area contributed by atoms with Gasteiger partial charge in [-0.2, -0.15) is 0 Å². The Morgan fingerprint density at radius 1 is 1.53 bits per heavy atom. The van der Waals surface area contributed by atoms with Gasteiger partial charge < -0.3 is 4.74 Å². The fraction of sp³-hybridized carbons (Fsp3) is 0.667. The Bertz CT molecular complexity index is 268. The minimum atomic E-state index is -0.298. The van der Waals surface area contributed by atoms with Gasteiger partial charge in [0.15, 0.2) is 0 Å². The van der Waals surface area contributed by atoms with Crippen molar-refractivity contribution in [3.8, 4) is 0 Å². The molecule has 1 aliphatic rings. The molecule has 0 aromatic carbocycles. The Morgan fingerprint density at radius 2 is 2.27 bits per heavy atom. The summed E-state index contributed by atoms with van der Waals surface area (Å²) in [5.74, 6) is -0.210. The first-order chi connectivity index (χ1) is 7.15. The van der Waals surface area contributed by atoms with Crippen LogP contribution in [0.25, 0.3) is 0 Å². The molecule has 15 heavy (non-hydrogen) atoms. The average Bonchev–Trinajstić information content (AvgIpc) is 2.28. The topological polar surface area (TPSA) is 43.4 Å².